The first-order valence-electron chi connectivity index (χ1n) is 8.45. The molecule has 2 aromatic rings. The van der Waals surface area contributed by atoms with Crippen LogP contribution in [0.1, 0.15) is 24.2 Å². The highest BCUT2D eigenvalue weighted by atomic mass is 32.2. The fourth-order valence-electron chi connectivity index (χ4n) is 2.54. The first kappa shape index (κ1) is 21.5. The summed E-state index contributed by atoms with van der Waals surface area (Å²) in [6, 6.07) is 8.70. The zero-order valence-electron chi connectivity index (χ0n) is 16.4. The lowest BCUT2D eigenvalue weighted by Gasteiger charge is -2.15. The number of nitrogens with one attached hydrogen (secondary N) is 2. The monoisotopic (exact) mass is 408 g/mol. The molecule has 2 aromatic carbocycles. The number of rotatable bonds is 8. The number of sulfonamides is 1. The summed E-state index contributed by atoms with van der Waals surface area (Å²) in [4.78, 5) is 12.6. The smallest absolute Gasteiger partial charge is 0.255 e. The second-order valence-electron chi connectivity index (χ2n) is 6.17. The van der Waals surface area contributed by atoms with E-state index in [1.165, 1.54) is 45.6 Å². The molecule has 0 aromatic heterocycles. The van der Waals surface area contributed by atoms with Gasteiger partial charge in [-0.25, -0.2) is 13.1 Å². The molecule has 0 spiro atoms. The molecule has 2 N–H and O–H groups in total. The van der Waals surface area contributed by atoms with Crippen LogP contribution >= 0.6 is 0 Å². The predicted molar refractivity (Wildman–Crippen MR) is 106 cm³/mol. The number of anilines is 1. The molecule has 8 nitrogen and oxygen atoms in total. The molecule has 9 heteroatoms. The van der Waals surface area contributed by atoms with E-state index in [1.807, 2.05) is 0 Å². The van der Waals surface area contributed by atoms with E-state index < -0.39 is 15.9 Å². The van der Waals surface area contributed by atoms with Gasteiger partial charge in [0, 0.05) is 29.4 Å². The van der Waals surface area contributed by atoms with Gasteiger partial charge in [0.15, 0.2) is 11.5 Å². The normalized spacial score (nSPS) is 11.2. The molecule has 0 aliphatic rings. The summed E-state index contributed by atoms with van der Waals surface area (Å²) in [6.45, 7) is 3.44. The van der Waals surface area contributed by atoms with Gasteiger partial charge in [0.25, 0.3) is 5.91 Å². The van der Waals surface area contributed by atoms with Gasteiger partial charge in [-0.2, -0.15) is 0 Å². The third-order valence-electron chi connectivity index (χ3n) is 3.72. The Kier molecular flexibility index (Phi) is 6.87. The fourth-order valence-corrected chi connectivity index (χ4v) is 3.84. The number of hydrogen-bond acceptors (Lipinski definition) is 6. The quantitative estimate of drug-likeness (QED) is 0.696. The predicted octanol–water partition coefficient (Wildman–Crippen LogP) is 2.65. The highest BCUT2D eigenvalue weighted by Crippen LogP contribution is 2.40. The lowest BCUT2D eigenvalue weighted by atomic mass is 10.2. The molecule has 0 fully saturated rings. The van der Waals surface area contributed by atoms with Crippen molar-refractivity contribution < 1.29 is 27.4 Å². The number of carbonyl (C=O) groups is 1. The molecule has 0 aliphatic heterocycles. The van der Waals surface area contributed by atoms with E-state index in [4.69, 9.17) is 14.2 Å². The van der Waals surface area contributed by atoms with Gasteiger partial charge in [-0.3, -0.25) is 4.79 Å². The maximum Gasteiger partial charge on any atom is 0.255 e. The number of methoxy groups -OCH3 is 3. The van der Waals surface area contributed by atoms with E-state index in [0.717, 1.165) is 0 Å². The van der Waals surface area contributed by atoms with Gasteiger partial charge in [-0.1, -0.05) is 6.07 Å². The van der Waals surface area contributed by atoms with Crippen LogP contribution in [0, 0.1) is 0 Å². The summed E-state index contributed by atoms with van der Waals surface area (Å²) >= 11 is 0. The van der Waals surface area contributed by atoms with Crippen molar-refractivity contribution in [3.63, 3.8) is 0 Å². The minimum absolute atomic E-state index is 0.0127. The Bertz CT molecular complexity index is 932. The van der Waals surface area contributed by atoms with Crippen molar-refractivity contribution in [1.29, 1.82) is 0 Å². The third kappa shape index (κ3) is 4.93. The Morgan fingerprint density at radius 3 is 2.07 bits per heavy atom. The molecule has 0 saturated heterocycles. The zero-order valence-corrected chi connectivity index (χ0v) is 17.2. The maximum absolute atomic E-state index is 12.6. The van der Waals surface area contributed by atoms with Crippen LogP contribution in [0.4, 0.5) is 5.69 Å². The first-order valence-corrected chi connectivity index (χ1v) is 9.94. The van der Waals surface area contributed by atoms with Gasteiger partial charge in [-0.05, 0) is 32.0 Å². The van der Waals surface area contributed by atoms with Crippen molar-refractivity contribution in [1.82, 2.24) is 4.72 Å². The van der Waals surface area contributed by atoms with Crippen LogP contribution < -0.4 is 24.2 Å². The molecule has 0 radical (unpaired) electrons. The van der Waals surface area contributed by atoms with Gasteiger partial charge in [0.2, 0.25) is 15.8 Å². The van der Waals surface area contributed by atoms with Crippen LogP contribution in [0.15, 0.2) is 41.3 Å². The molecule has 0 unspecified atom stereocenters. The Balaban J connectivity index is 2.32. The van der Waals surface area contributed by atoms with Crippen LogP contribution in [0.5, 0.6) is 17.2 Å². The molecule has 0 bridgehead atoms. The molecular weight excluding hydrogens is 384 g/mol. The van der Waals surface area contributed by atoms with E-state index in [-0.39, 0.29) is 16.5 Å². The van der Waals surface area contributed by atoms with Gasteiger partial charge in [0.05, 0.1) is 26.2 Å². The number of ether oxygens (including phenoxy) is 3. The summed E-state index contributed by atoms with van der Waals surface area (Å²) in [7, 11) is 0.719. The molecule has 152 valence electrons. The summed E-state index contributed by atoms with van der Waals surface area (Å²) in [6.07, 6.45) is 0. The Morgan fingerprint density at radius 2 is 1.57 bits per heavy atom. The summed E-state index contributed by atoms with van der Waals surface area (Å²) in [5, 5.41) is 2.71. The Morgan fingerprint density at radius 1 is 0.964 bits per heavy atom. The highest BCUT2D eigenvalue weighted by Gasteiger charge is 2.18. The topological polar surface area (TPSA) is 103 Å². The minimum atomic E-state index is -3.71. The van der Waals surface area contributed by atoms with Crippen molar-refractivity contribution in [3.05, 3.63) is 42.0 Å². The summed E-state index contributed by atoms with van der Waals surface area (Å²) in [5.74, 6) is 0.691. The van der Waals surface area contributed by atoms with E-state index >= 15 is 0 Å². The van der Waals surface area contributed by atoms with E-state index in [2.05, 4.69) is 10.0 Å². The zero-order chi connectivity index (χ0) is 20.9. The van der Waals surface area contributed by atoms with Crippen LogP contribution in [0.2, 0.25) is 0 Å². The van der Waals surface area contributed by atoms with Crippen molar-refractivity contribution >= 4 is 21.6 Å². The standard InChI is InChI=1S/C19H24N2O6S/c1-12(2)21-28(23,24)15-8-6-7-13(9-15)19(22)20-14-10-16(25-3)18(27-5)17(11-14)26-4/h6-12,21H,1-5H3,(H,20,22). The summed E-state index contributed by atoms with van der Waals surface area (Å²) < 4.78 is 42.9. The van der Waals surface area contributed by atoms with Gasteiger partial charge in [0.1, 0.15) is 0 Å². The lowest BCUT2D eigenvalue weighted by Crippen LogP contribution is -2.30. The average molecular weight is 408 g/mol. The first-order chi connectivity index (χ1) is 13.2. The van der Waals surface area contributed by atoms with Crippen molar-refractivity contribution in [2.45, 2.75) is 24.8 Å². The molecule has 28 heavy (non-hydrogen) atoms. The van der Waals surface area contributed by atoms with Crippen molar-refractivity contribution in [2.24, 2.45) is 0 Å². The SMILES string of the molecule is COc1cc(NC(=O)c2cccc(S(=O)(=O)NC(C)C)c2)cc(OC)c1OC. The lowest BCUT2D eigenvalue weighted by molar-refractivity contribution is 0.102. The van der Waals surface area contributed by atoms with Gasteiger partial charge >= 0.3 is 0 Å². The van der Waals surface area contributed by atoms with Crippen LogP contribution in [0.25, 0.3) is 0 Å². The van der Waals surface area contributed by atoms with Crippen LogP contribution in [0.3, 0.4) is 0 Å². The Hall–Kier alpha value is -2.78. The second kappa shape index (κ2) is 8.94. The summed E-state index contributed by atoms with van der Waals surface area (Å²) in [5.41, 5.74) is 0.605. The van der Waals surface area contributed by atoms with E-state index in [9.17, 15) is 13.2 Å². The maximum atomic E-state index is 12.6. The molecule has 2 rings (SSSR count). The van der Waals surface area contributed by atoms with Gasteiger partial charge < -0.3 is 19.5 Å². The number of amides is 1. The van der Waals surface area contributed by atoms with Crippen LogP contribution in [-0.4, -0.2) is 41.7 Å². The van der Waals surface area contributed by atoms with Crippen molar-refractivity contribution in [3.8, 4) is 17.2 Å². The molecule has 0 heterocycles. The van der Waals surface area contributed by atoms with Crippen molar-refractivity contribution in [2.75, 3.05) is 26.6 Å². The molecule has 0 aliphatic carbocycles. The largest absolute Gasteiger partial charge is 0.493 e. The van der Waals surface area contributed by atoms with Crippen LogP contribution in [-0.2, 0) is 10.0 Å². The fraction of sp³-hybridized carbons (Fsp3) is 0.316. The molecule has 0 atom stereocenters. The number of benzene rings is 2. The third-order valence-corrected chi connectivity index (χ3v) is 5.38. The number of carbonyl (C=O) groups excluding carboxylic acids is 1. The molecule has 1 amide bonds. The average Bonchev–Trinajstić information content (AvgIpc) is 2.66. The molecule has 0 saturated carbocycles. The number of hydrogen-bond donors (Lipinski definition) is 2. The Labute approximate surface area is 164 Å². The minimum Gasteiger partial charge on any atom is -0.493 e. The van der Waals surface area contributed by atoms with Gasteiger partial charge in [-0.15, -0.1) is 0 Å². The van der Waals surface area contributed by atoms with E-state index in [1.54, 1.807) is 26.0 Å². The second-order valence-corrected chi connectivity index (χ2v) is 7.89. The molecular formula is C19H24N2O6S. The highest BCUT2D eigenvalue weighted by molar-refractivity contribution is 7.89. The van der Waals surface area contributed by atoms with E-state index in [0.29, 0.717) is 22.9 Å².